The van der Waals surface area contributed by atoms with Gasteiger partial charge in [-0.25, -0.2) is 9.18 Å². The fraction of sp³-hybridized carbons (Fsp3) is 0.333. The van der Waals surface area contributed by atoms with Crippen LogP contribution in [0.1, 0.15) is 11.1 Å². The lowest BCUT2D eigenvalue weighted by atomic mass is 10.1. The SMILES string of the molecule is Cc1cc(F)ccc1N1CCN(C(=O)O)CC1C(=O)N(C)Cc1cc(Cl)cc(Cl)c1. The summed E-state index contributed by atoms with van der Waals surface area (Å²) in [6.45, 7) is 2.63. The molecule has 1 atom stereocenters. The van der Waals surface area contributed by atoms with Crippen LogP contribution in [0.4, 0.5) is 14.9 Å². The smallest absolute Gasteiger partial charge is 0.407 e. The Labute approximate surface area is 184 Å². The number of amides is 2. The van der Waals surface area contributed by atoms with E-state index in [1.165, 1.54) is 21.9 Å². The van der Waals surface area contributed by atoms with Crippen LogP contribution in [0, 0.1) is 12.7 Å². The van der Waals surface area contributed by atoms with Gasteiger partial charge < -0.3 is 19.8 Å². The lowest BCUT2D eigenvalue weighted by Crippen LogP contribution is -2.60. The molecule has 0 spiro atoms. The van der Waals surface area contributed by atoms with Crippen LogP contribution < -0.4 is 4.90 Å². The van der Waals surface area contributed by atoms with Crippen LogP contribution >= 0.6 is 23.2 Å². The normalized spacial score (nSPS) is 16.5. The van der Waals surface area contributed by atoms with E-state index in [-0.39, 0.29) is 31.4 Å². The van der Waals surface area contributed by atoms with Gasteiger partial charge >= 0.3 is 6.09 Å². The first-order chi connectivity index (χ1) is 14.2. The Morgan fingerprint density at radius 1 is 1.17 bits per heavy atom. The Morgan fingerprint density at radius 3 is 2.43 bits per heavy atom. The van der Waals surface area contributed by atoms with Crippen molar-refractivity contribution in [3.63, 3.8) is 0 Å². The van der Waals surface area contributed by atoms with Crippen LogP contribution in [0.15, 0.2) is 36.4 Å². The molecule has 1 fully saturated rings. The molecule has 160 valence electrons. The zero-order valence-corrected chi connectivity index (χ0v) is 18.1. The van der Waals surface area contributed by atoms with Gasteiger partial charge in [-0.05, 0) is 54.4 Å². The molecule has 0 bridgehead atoms. The molecule has 1 N–H and O–H groups in total. The average molecular weight is 454 g/mol. The van der Waals surface area contributed by atoms with Crippen molar-refractivity contribution in [1.29, 1.82) is 0 Å². The predicted molar refractivity (Wildman–Crippen MR) is 115 cm³/mol. The van der Waals surface area contributed by atoms with E-state index in [2.05, 4.69) is 0 Å². The molecule has 2 amide bonds. The Morgan fingerprint density at radius 2 is 1.83 bits per heavy atom. The summed E-state index contributed by atoms with van der Waals surface area (Å²) in [5, 5.41) is 10.4. The summed E-state index contributed by atoms with van der Waals surface area (Å²) >= 11 is 12.1. The van der Waals surface area contributed by atoms with E-state index in [0.29, 0.717) is 27.8 Å². The van der Waals surface area contributed by atoms with Crippen molar-refractivity contribution >= 4 is 40.9 Å². The van der Waals surface area contributed by atoms with Gasteiger partial charge in [-0.1, -0.05) is 23.2 Å². The maximum absolute atomic E-state index is 13.6. The van der Waals surface area contributed by atoms with Crippen molar-refractivity contribution in [2.75, 3.05) is 31.6 Å². The van der Waals surface area contributed by atoms with Gasteiger partial charge in [-0.3, -0.25) is 4.79 Å². The maximum Gasteiger partial charge on any atom is 0.407 e. The third-order valence-electron chi connectivity index (χ3n) is 5.12. The number of aryl methyl sites for hydroxylation is 1. The number of piperazine rings is 1. The van der Waals surface area contributed by atoms with Crippen molar-refractivity contribution in [2.45, 2.75) is 19.5 Å². The van der Waals surface area contributed by atoms with Crippen LogP contribution in [0.5, 0.6) is 0 Å². The Kier molecular flexibility index (Phi) is 6.73. The van der Waals surface area contributed by atoms with E-state index in [9.17, 15) is 19.1 Å². The van der Waals surface area contributed by atoms with Crippen LogP contribution in [-0.4, -0.2) is 59.6 Å². The van der Waals surface area contributed by atoms with Gasteiger partial charge in [-0.15, -0.1) is 0 Å². The molecule has 3 rings (SSSR count). The van der Waals surface area contributed by atoms with Gasteiger partial charge in [0.1, 0.15) is 11.9 Å². The molecule has 9 heteroatoms. The molecule has 1 unspecified atom stereocenters. The third kappa shape index (κ3) is 4.96. The topological polar surface area (TPSA) is 64.1 Å². The number of rotatable bonds is 4. The molecular weight excluding hydrogens is 432 g/mol. The number of halogens is 3. The van der Waals surface area contributed by atoms with E-state index < -0.39 is 12.1 Å². The average Bonchev–Trinajstić information content (AvgIpc) is 2.66. The highest BCUT2D eigenvalue weighted by Gasteiger charge is 2.36. The lowest BCUT2D eigenvalue weighted by molar-refractivity contribution is -0.132. The maximum atomic E-state index is 13.6. The van der Waals surface area contributed by atoms with E-state index >= 15 is 0 Å². The summed E-state index contributed by atoms with van der Waals surface area (Å²) in [7, 11) is 1.65. The van der Waals surface area contributed by atoms with Gasteiger partial charge in [0.2, 0.25) is 5.91 Å². The molecule has 0 saturated carbocycles. The quantitative estimate of drug-likeness (QED) is 0.750. The highest BCUT2D eigenvalue weighted by atomic mass is 35.5. The van der Waals surface area contributed by atoms with Gasteiger partial charge in [0.25, 0.3) is 0 Å². The lowest BCUT2D eigenvalue weighted by Gasteiger charge is -2.42. The van der Waals surface area contributed by atoms with Gasteiger partial charge in [0, 0.05) is 42.4 Å². The molecule has 1 aliphatic heterocycles. The number of likely N-dealkylation sites (N-methyl/N-ethyl adjacent to an activating group) is 1. The van der Waals surface area contributed by atoms with Gasteiger partial charge in [0.15, 0.2) is 0 Å². The molecule has 2 aromatic carbocycles. The van der Waals surface area contributed by atoms with Crippen molar-refractivity contribution in [3.05, 3.63) is 63.4 Å². The number of carboxylic acid groups (broad SMARTS) is 1. The first kappa shape index (κ1) is 22.2. The number of hydrogen-bond acceptors (Lipinski definition) is 3. The summed E-state index contributed by atoms with van der Waals surface area (Å²) in [6, 6.07) is 8.69. The van der Waals surface area contributed by atoms with Crippen molar-refractivity contribution < 1.29 is 19.1 Å². The van der Waals surface area contributed by atoms with Crippen molar-refractivity contribution in [3.8, 4) is 0 Å². The Bertz CT molecular complexity index is 952. The number of carbonyl (C=O) groups excluding carboxylic acids is 1. The zero-order chi connectivity index (χ0) is 22.0. The van der Waals surface area contributed by atoms with Crippen LogP contribution in [-0.2, 0) is 11.3 Å². The summed E-state index contributed by atoms with van der Waals surface area (Å²) in [4.78, 5) is 29.4. The Hall–Kier alpha value is -2.51. The second-order valence-corrected chi connectivity index (χ2v) is 8.21. The number of benzene rings is 2. The van der Waals surface area contributed by atoms with Crippen LogP contribution in [0.25, 0.3) is 0 Å². The van der Waals surface area contributed by atoms with Crippen molar-refractivity contribution in [1.82, 2.24) is 9.80 Å². The van der Waals surface area contributed by atoms with E-state index in [1.807, 2.05) is 4.90 Å². The zero-order valence-electron chi connectivity index (χ0n) is 16.6. The van der Waals surface area contributed by atoms with Crippen molar-refractivity contribution in [2.24, 2.45) is 0 Å². The molecule has 0 aliphatic carbocycles. The summed E-state index contributed by atoms with van der Waals surface area (Å²) in [5.41, 5.74) is 2.15. The first-order valence-corrected chi connectivity index (χ1v) is 10.1. The van der Waals surface area contributed by atoms with E-state index in [0.717, 1.165) is 5.56 Å². The molecule has 1 aliphatic rings. The van der Waals surface area contributed by atoms with E-state index in [1.54, 1.807) is 38.2 Å². The third-order valence-corrected chi connectivity index (χ3v) is 5.56. The number of hydrogen-bond donors (Lipinski definition) is 1. The number of anilines is 1. The fourth-order valence-corrected chi connectivity index (χ4v) is 4.28. The molecule has 1 heterocycles. The standard InChI is InChI=1S/C21H22Cl2FN3O3/c1-13-7-17(24)3-4-18(13)27-6-5-26(21(29)30)12-19(27)20(28)25(2)11-14-8-15(22)10-16(23)9-14/h3-4,7-10,19H,5-6,11-12H2,1-2H3,(H,29,30). The van der Waals surface area contributed by atoms with Gasteiger partial charge in [0.05, 0.1) is 6.54 Å². The molecule has 1 saturated heterocycles. The number of carbonyl (C=O) groups is 2. The van der Waals surface area contributed by atoms with Gasteiger partial charge in [-0.2, -0.15) is 0 Å². The molecule has 6 nitrogen and oxygen atoms in total. The van der Waals surface area contributed by atoms with Crippen LogP contribution in [0.2, 0.25) is 10.0 Å². The number of nitrogens with zero attached hydrogens (tertiary/aromatic N) is 3. The minimum atomic E-state index is -1.08. The monoisotopic (exact) mass is 453 g/mol. The summed E-state index contributed by atoms with van der Waals surface area (Å²) < 4.78 is 13.6. The predicted octanol–water partition coefficient (Wildman–Crippen LogP) is 4.27. The largest absolute Gasteiger partial charge is 0.465 e. The molecule has 0 radical (unpaired) electrons. The Balaban J connectivity index is 1.87. The minimum Gasteiger partial charge on any atom is -0.465 e. The molecule has 30 heavy (non-hydrogen) atoms. The summed E-state index contributed by atoms with van der Waals surface area (Å²) in [6.07, 6.45) is -1.08. The first-order valence-electron chi connectivity index (χ1n) is 9.36. The highest BCUT2D eigenvalue weighted by Crippen LogP contribution is 2.27. The van der Waals surface area contributed by atoms with E-state index in [4.69, 9.17) is 23.2 Å². The fourth-order valence-electron chi connectivity index (χ4n) is 3.71. The summed E-state index contributed by atoms with van der Waals surface area (Å²) in [5.74, 6) is -0.612. The molecule has 2 aromatic rings. The minimum absolute atomic E-state index is 0.0195. The second kappa shape index (κ2) is 9.10. The highest BCUT2D eigenvalue weighted by molar-refractivity contribution is 6.34. The van der Waals surface area contributed by atoms with Crippen LogP contribution in [0.3, 0.4) is 0 Å². The molecular formula is C21H22Cl2FN3O3. The molecule has 0 aromatic heterocycles. The second-order valence-electron chi connectivity index (χ2n) is 7.34.